The third-order valence-electron chi connectivity index (χ3n) is 3.32. The standard InChI is InChI=1S/C11H14N4O4S2/c1-5-13-14(4-19-5)21-3-6-2-20-10-7(12)9(16)15(10)8(6)11(17)18/h7,10H,2-4,12H2,1H3,(H,17,18)/t7?,10-/m1/s1. The van der Waals surface area contributed by atoms with Gasteiger partial charge in [0, 0.05) is 18.4 Å². The minimum Gasteiger partial charge on any atom is -0.477 e. The molecule has 1 fully saturated rings. The summed E-state index contributed by atoms with van der Waals surface area (Å²) in [6, 6.07) is -0.599. The highest BCUT2D eigenvalue weighted by Crippen LogP contribution is 2.40. The van der Waals surface area contributed by atoms with Crippen LogP contribution in [0.3, 0.4) is 0 Å². The number of hydrazone groups is 1. The van der Waals surface area contributed by atoms with Crippen molar-refractivity contribution in [2.75, 3.05) is 18.2 Å². The molecule has 1 unspecified atom stereocenters. The number of aliphatic carboxylic acids is 1. The monoisotopic (exact) mass is 330 g/mol. The van der Waals surface area contributed by atoms with E-state index >= 15 is 0 Å². The Labute approximate surface area is 129 Å². The molecule has 114 valence electrons. The molecule has 10 heteroatoms. The quantitative estimate of drug-likeness (QED) is 0.541. The van der Waals surface area contributed by atoms with Gasteiger partial charge in [0.1, 0.15) is 17.1 Å². The van der Waals surface area contributed by atoms with E-state index in [0.717, 1.165) is 0 Å². The lowest BCUT2D eigenvalue weighted by Gasteiger charge is -2.48. The van der Waals surface area contributed by atoms with Gasteiger partial charge in [0.05, 0.1) is 0 Å². The first-order chi connectivity index (χ1) is 9.99. The minimum atomic E-state index is -1.09. The van der Waals surface area contributed by atoms with E-state index in [1.807, 2.05) is 0 Å². The van der Waals surface area contributed by atoms with Gasteiger partial charge in [-0.25, -0.2) is 4.79 Å². The molecule has 3 aliphatic rings. The molecule has 3 heterocycles. The van der Waals surface area contributed by atoms with Crippen molar-refractivity contribution >= 4 is 41.5 Å². The van der Waals surface area contributed by atoms with Gasteiger partial charge >= 0.3 is 5.97 Å². The fourth-order valence-corrected chi connectivity index (χ4v) is 4.54. The highest BCUT2D eigenvalue weighted by Gasteiger charge is 2.51. The molecule has 21 heavy (non-hydrogen) atoms. The zero-order valence-electron chi connectivity index (χ0n) is 11.2. The van der Waals surface area contributed by atoms with Gasteiger partial charge in [-0.3, -0.25) is 9.69 Å². The van der Waals surface area contributed by atoms with Crippen molar-refractivity contribution in [2.45, 2.75) is 18.3 Å². The highest BCUT2D eigenvalue weighted by atomic mass is 32.2. The number of β-lactam (4-membered cyclic amide) rings is 1. The SMILES string of the molecule is CC1=NN(SCC2=C(C(=O)O)N3C(=O)C(N)[C@H]3SC2)CO1. The summed E-state index contributed by atoms with van der Waals surface area (Å²) in [5.41, 5.74) is 6.47. The number of carboxylic acids is 1. The summed E-state index contributed by atoms with van der Waals surface area (Å²) in [6.45, 7) is 2.10. The molecule has 3 N–H and O–H groups in total. The van der Waals surface area contributed by atoms with Crippen molar-refractivity contribution in [3.05, 3.63) is 11.3 Å². The zero-order chi connectivity index (χ0) is 15.1. The van der Waals surface area contributed by atoms with Crippen LogP contribution in [0.5, 0.6) is 0 Å². The molecule has 0 spiro atoms. The van der Waals surface area contributed by atoms with Crippen LogP contribution in [0.15, 0.2) is 16.4 Å². The molecule has 3 rings (SSSR count). The van der Waals surface area contributed by atoms with Gasteiger partial charge in [-0.2, -0.15) is 4.41 Å². The number of hydrogen-bond donors (Lipinski definition) is 2. The molecule has 0 bridgehead atoms. The highest BCUT2D eigenvalue weighted by molar-refractivity contribution is 8.00. The van der Waals surface area contributed by atoms with Crippen molar-refractivity contribution in [3.63, 3.8) is 0 Å². The maximum absolute atomic E-state index is 11.8. The Morgan fingerprint density at radius 3 is 3.05 bits per heavy atom. The van der Waals surface area contributed by atoms with Crippen LogP contribution in [0.4, 0.5) is 0 Å². The van der Waals surface area contributed by atoms with Crippen LogP contribution in [0, 0.1) is 0 Å². The van der Waals surface area contributed by atoms with Crippen molar-refractivity contribution < 1.29 is 19.4 Å². The van der Waals surface area contributed by atoms with E-state index in [1.165, 1.54) is 28.6 Å². The largest absolute Gasteiger partial charge is 0.477 e. The number of carboxylic acid groups (broad SMARTS) is 1. The number of carbonyl (C=O) groups excluding carboxylic acids is 1. The first kappa shape index (κ1) is 14.5. The van der Waals surface area contributed by atoms with Gasteiger partial charge in [-0.05, 0) is 17.5 Å². The Morgan fingerprint density at radius 1 is 1.67 bits per heavy atom. The second-order valence-corrected chi connectivity index (χ2v) is 6.78. The lowest BCUT2D eigenvalue weighted by molar-refractivity contribution is -0.147. The summed E-state index contributed by atoms with van der Waals surface area (Å²) in [6.07, 6.45) is 0. The molecule has 0 radical (unpaired) electrons. The number of nitrogens with zero attached hydrogens (tertiary/aromatic N) is 3. The summed E-state index contributed by atoms with van der Waals surface area (Å²) < 4.78 is 6.85. The molecule has 0 aromatic heterocycles. The fraction of sp³-hybridized carbons (Fsp3) is 0.545. The van der Waals surface area contributed by atoms with Gasteiger partial charge < -0.3 is 15.6 Å². The smallest absolute Gasteiger partial charge is 0.352 e. The lowest BCUT2D eigenvalue weighted by Crippen LogP contribution is -2.68. The van der Waals surface area contributed by atoms with E-state index in [2.05, 4.69) is 5.10 Å². The van der Waals surface area contributed by atoms with Crippen molar-refractivity contribution in [3.8, 4) is 0 Å². The van der Waals surface area contributed by atoms with Crippen LogP contribution in [0.2, 0.25) is 0 Å². The molecule has 1 saturated heterocycles. The summed E-state index contributed by atoms with van der Waals surface area (Å²) in [4.78, 5) is 24.6. The average Bonchev–Trinajstić information content (AvgIpc) is 2.88. The molecule has 8 nitrogen and oxygen atoms in total. The molecule has 0 aromatic carbocycles. The first-order valence-electron chi connectivity index (χ1n) is 6.23. The Morgan fingerprint density at radius 2 is 2.43 bits per heavy atom. The Hall–Kier alpha value is -1.39. The minimum absolute atomic E-state index is 0.0683. The predicted molar refractivity (Wildman–Crippen MR) is 79.1 cm³/mol. The second-order valence-electron chi connectivity index (χ2n) is 4.71. The van der Waals surface area contributed by atoms with Crippen molar-refractivity contribution in [1.82, 2.24) is 9.31 Å². The van der Waals surface area contributed by atoms with Crippen LogP contribution in [-0.4, -0.2) is 61.8 Å². The maximum atomic E-state index is 11.8. The molecule has 0 saturated carbocycles. The Kier molecular flexibility index (Phi) is 3.76. The van der Waals surface area contributed by atoms with Gasteiger partial charge in [-0.1, -0.05) is 0 Å². The molecule has 0 aromatic rings. The molecule has 0 aliphatic carbocycles. The van der Waals surface area contributed by atoms with Gasteiger partial charge in [0.25, 0.3) is 0 Å². The summed E-state index contributed by atoms with van der Waals surface area (Å²) in [5, 5.41) is 13.3. The molecular weight excluding hydrogens is 316 g/mol. The average molecular weight is 330 g/mol. The third kappa shape index (κ3) is 2.47. The van der Waals surface area contributed by atoms with Crippen LogP contribution in [-0.2, 0) is 14.3 Å². The third-order valence-corrected chi connectivity index (χ3v) is 5.64. The van der Waals surface area contributed by atoms with E-state index in [-0.39, 0.29) is 17.0 Å². The van der Waals surface area contributed by atoms with E-state index in [4.69, 9.17) is 10.5 Å². The summed E-state index contributed by atoms with van der Waals surface area (Å²) in [5.74, 6) is 0.158. The van der Waals surface area contributed by atoms with Crippen molar-refractivity contribution in [2.24, 2.45) is 10.8 Å². The molecule has 3 aliphatic heterocycles. The van der Waals surface area contributed by atoms with Crippen molar-refractivity contribution in [1.29, 1.82) is 0 Å². The van der Waals surface area contributed by atoms with E-state index in [9.17, 15) is 14.7 Å². The first-order valence-corrected chi connectivity index (χ1v) is 8.22. The molecule has 2 atom stereocenters. The normalized spacial score (nSPS) is 28.1. The predicted octanol–water partition coefficient (Wildman–Crippen LogP) is -0.161. The van der Waals surface area contributed by atoms with E-state index < -0.39 is 12.0 Å². The van der Waals surface area contributed by atoms with Crippen LogP contribution < -0.4 is 5.73 Å². The fourth-order valence-electron chi connectivity index (χ4n) is 2.27. The second kappa shape index (κ2) is 5.43. The number of fused-ring (bicyclic) bond motifs is 1. The van der Waals surface area contributed by atoms with Gasteiger partial charge in [-0.15, -0.1) is 16.9 Å². The number of nitrogens with two attached hydrogens (primary N) is 1. The topological polar surface area (TPSA) is 108 Å². The lowest BCUT2D eigenvalue weighted by atomic mass is 10.0. The zero-order valence-corrected chi connectivity index (χ0v) is 12.8. The number of amides is 1. The van der Waals surface area contributed by atoms with Crippen LogP contribution in [0.25, 0.3) is 0 Å². The molecular formula is C11H14N4O4S2. The Bertz CT molecular complexity index is 564. The van der Waals surface area contributed by atoms with Gasteiger partial charge in [0.2, 0.25) is 11.8 Å². The van der Waals surface area contributed by atoms with E-state index in [1.54, 1.807) is 11.3 Å². The number of thioether (sulfide) groups is 1. The Balaban J connectivity index is 1.75. The number of hydrogen-bond acceptors (Lipinski definition) is 8. The summed E-state index contributed by atoms with van der Waals surface area (Å²) >= 11 is 2.86. The maximum Gasteiger partial charge on any atom is 0.352 e. The van der Waals surface area contributed by atoms with Crippen LogP contribution >= 0.6 is 23.7 Å². The molecule has 1 amide bonds. The number of ether oxygens (including phenoxy) is 1. The summed E-state index contributed by atoms with van der Waals surface area (Å²) in [7, 11) is 0. The van der Waals surface area contributed by atoms with E-state index in [0.29, 0.717) is 29.7 Å². The van der Waals surface area contributed by atoms with Gasteiger partial charge in [0.15, 0.2) is 6.73 Å². The van der Waals surface area contributed by atoms with Crippen LogP contribution in [0.1, 0.15) is 6.92 Å². The number of rotatable bonds is 4. The number of carbonyl (C=O) groups is 2.